The topological polar surface area (TPSA) is 9.23 Å². The zero-order valence-corrected chi connectivity index (χ0v) is 8.37. The van der Waals surface area contributed by atoms with E-state index in [9.17, 15) is 0 Å². The Hall–Kier alpha value is -0.0400. The fraction of sp³-hybridized carbons (Fsp3) is 1.00. The predicted molar refractivity (Wildman–Crippen MR) is 52.6 cm³/mol. The van der Waals surface area contributed by atoms with Crippen LogP contribution in [0.25, 0.3) is 0 Å². The molecule has 3 atom stereocenters. The van der Waals surface area contributed by atoms with Gasteiger partial charge in [0, 0.05) is 0 Å². The van der Waals surface area contributed by atoms with E-state index < -0.39 is 0 Å². The molecule has 3 saturated carbocycles. The number of rotatable bonds is 2. The highest BCUT2D eigenvalue weighted by Gasteiger charge is 2.54. The first-order chi connectivity index (χ1) is 6.45. The SMILES string of the molecule is C1CCC(OC2[C@H]3CCC[C@@H]23)CC1. The van der Waals surface area contributed by atoms with Crippen molar-refractivity contribution in [3.8, 4) is 0 Å². The summed E-state index contributed by atoms with van der Waals surface area (Å²) in [6.45, 7) is 0. The summed E-state index contributed by atoms with van der Waals surface area (Å²) in [5.41, 5.74) is 0. The van der Waals surface area contributed by atoms with Gasteiger partial charge in [-0.2, -0.15) is 0 Å². The predicted octanol–water partition coefficient (Wildman–Crippen LogP) is 3.13. The third-order valence-corrected chi connectivity index (χ3v) is 4.23. The van der Waals surface area contributed by atoms with Crippen molar-refractivity contribution in [3.05, 3.63) is 0 Å². The van der Waals surface area contributed by atoms with E-state index in [0.29, 0.717) is 12.2 Å². The fourth-order valence-electron chi connectivity index (χ4n) is 3.38. The van der Waals surface area contributed by atoms with Crippen LogP contribution in [0.4, 0.5) is 0 Å². The zero-order chi connectivity index (χ0) is 8.67. The fourth-order valence-corrected chi connectivity index (χ4v) is 3.38. The van der Waals surface area contributed by atoms with Gasteiger partial charge in [-0.3, -0.25) is 0 Å². The summed E-state index contributed by atoms with van der Waals surface area (Å²) >= 11 is 0. The van der Waals surface area contributed by atoms with Crippen molar-refractivity contribution >= 4 is 0 Å². The lowest BCUT2D eigenvalue weighted by molar-refractivity contribution is 0.000631. The molecule has 0 spiro atoms. The Bertz CT molecular complexity index is 174. The molecule has 0 aliphatic heterocycles. The maximum absolute atomic E-state index is 6.17. The molecule has 0 amide bonds. The van der Waals surface area contributed by atoms with Gasteiger partial charge in [-0.25, -0.2) is 0 Å². The van der Waals surface area contributed by atoms with Crippen LogP contribution in [0, 0.1) is 11.8 Å². The highest BCUT2D eigenvalue weighted by molar-refractivity contribution is 5.03. The molecule has 0 aromatic rings. The molecular formula is C12H20O. The molecule has 3 aliphatic carbocycles. The lowest BCUT2D eigenvalue weighted by atomic mass is 9.98. The van der Waals surface area contributed by atoms with Crippen LogP contribution in [0.1, 0.15) is 51.4 Å². The molecule has 3 rings (SSSR count). The third-order valence-electron chi connectivity index (χ3n) is 4.23. The molecule has 74 valence electrons. The van der Waals surface area contributed by atoms with Crippen molar-refractivity contribution in [3.63, 3.8) is 0 Å². The zero-order valence-electron chi connectivity index (χ0n) is 8.37. The summed E-state index contributed by atoms with van der Waals surface area (Å²) in [6.07, 6.45) is 12.7. The first-order valence-electron chi connectivity index (χ1n) is 6.10. The van der Waals surface area contributed by atoms with Gasteiger partial charge in [0.15, 0.2) is 0 Å². The van der Waals surface area contributed by atoms with Gasteiger partial charge in [-0.1, -0.05) is 25.7 Å². The van der Waals surface area contributed by atoms with E-state index in [4.69, 9.17) is 4.74 Å². The van der Waals surface area contributed by atoms with Gasteiger partial charge in [-0.05, 0) is 37.5 Å². The molecule has 1 heteroatoms. The number of hydrogen-bond donors (Lipinski definition) is 0. The summed E-state index contributed by atoms with van der Waals surface area (Å²) in [5.74, 6) is 1.98. The molecule has 0 N–H and O–H groups in total. The maximum Gasteiger partial charge on any atom is 0.0642 e. The van der Waals surface area contributed by atoms with Crippen LogP contribution >= 0.6 is 0 Å². The van der Waals surface area contributed by atoms with Gasteiger partial charge < -0.3 is 4.74 Å². The van der Waals surface area contributed by atoms with Gasteiger partial charge >= 0.3 is 0 Å². The second-order valence-corrected chi connectivity index (χ2v) is 5.12. The monoisotopic (exact) mass is 180 g/mol. The molecule has 0 aromatic heterocycles. The number of hydrogen-bond acceptors (Lipinski definition) is 1. The minimum atomic E-state index is 0.643. The van der Waals surface area contributed by atoms with E-state index in [-0.39, 0.29) is 0 Å². The largest absolute Gasteiger partial charge is 0.374 e. The Kier molecular flexibility index (Phi) is 2.08. The molecule has 0 radical (unpaired) electrons. The number of fused-ring (bicyclic) bond motifs is 1. The van der Waals surface area contributed by atoms with Crippen molar-refractivity contribution in [2.75, 3.05) is 0 Å². The Morgan fingerprint density at radius 1 is 0.692 bits per heavy atom. The minimum absolute atomic E-state index is 0.643. The van der Waals surface area contributed by atoms with E-state index in [1.54, 1.807) is 0 Å². The average molecular weight is 180 g/mol. The highest BCUT2D eigenvalue weighted by atomic mass is 16.5. The van der Waals surface area contributed by atoms with Crippen LogP contribution in [0.5, 0.6) is 0 Å². The lowest BCUT2D eigenvalue weighted by Crippen LogP contribution is -2.19. The van der Waals surface area contributed by atoms with E-state index in [0.717, 1.165) is 11.8 Å². The van der Waals surface area contributed by atoms with E-state index in [1.807, 2.05) is 0 Å². The van der Waals surface area contributed by atoms with Crippen LogP contribution in [0.3, 0.4) is 0 Å². The van der Waals surface area contributed by atoms with E-state index in [1.165, 1.54) is 51.4 Å². The van der Waals surface area contributed by atoms with Crippen LogP contribution in [-0.4, -0.2) is 12.2 Å². The Morgan fingerprint density at radius 3 is 2.08 bits per heavy atom. The van der Waals surface area contributed by atoms with Crippen LogP contribution in [0.15, 0.2) is 0 Å². The summed E-state index contributed by atoms with van der Waals surface area (Å²) in [4.78, 5) is 0. The average Bonchev–Trinajstić information content (AvgIpc) is 2.65. The third kappa shape index (κ3) is 1.52. The second-order valence-electron chi connectivity index (χ2n) is 5.12. The van der Waals surface area contributed by atoms with Crippen molar-refractivity contribution in [1.29, 1.82) is 0 Å². The summed E-state index contributed by atoms with van der Waals surface area (Å²) in [5, 5.41) is 0. The number of ether oxygens (including phenoxy) is 1. The molecule has 0 heterocycles. The molecule has 0 bridgehead atoms. The summed E-state index contributed by atoms with van der Waals surface area (Å²) in [7, 11) is 0. The normalized spacial score (nSPS) is 44.8. The molecule has 13 heavy (non-hydrogen) atoms. The van der Waals surface area contributed by atoms with Crippen molar-refractivity contribution in [2.45, 2.75) is 63.6 Å². The Morgan fingerprint density at radius 2 is 1.38 bits per heavy atom. The lowest BCUT2D eigenvalue weighted by Gasteiger charge is -2.22. The van der Waals surface area contributed by atoms with Gasteiger partial charge in [0.2, 0.25) is 0 Å². The Balaban J connectivity index is 1.47. The molecule has 0 aromatic carbocycles. The van der Waals surface area contributed by atoms with Gasteiger partial charge in [0.25, 0.3) is 0 Å². The van der Waals surface area contributed by atoms with Gasteiger partial charge in [-0.15, -0.1) is 0 Å². The second kappa shape index (κ2) is 3.27. The first kappa shape index (κ1) is 8.28. The molecule has 1 nitrogen and oxygen atoms in total. The standard InChI is InChI=1S/C12H20O/c1-2-5-9(6-3-1)13-12-10-7-4-8-11(10)12/h9-12H,1-8H2/t10-,11+,12?. The minimum Gasteiger partial charge on any atom is -0.374 e. The smallest absolute Gasteiger partial charge is 0.0642 e. The highest BCUT2D eigenvalue weighted by Crippen LogP contribution is 2.54. The summed E-state index contributed by atoms with van der Waals surface area (Å²) in [6, 6.07) is 0. The quantitative estimate of drug-likeness (QED) is 0.634. The van der Waals surface area contributed by atoms with Crippen LogP contribution < -0.4 is 0 Å². The summed E-state index contributed by atoms with van der Waals surface area (Å²) < 4.78 is 6.17. The van der Waals surface area contributed by atoms with Crippen LogP contribution in [0.2, 0.25) is 0 Å². The van der Waals surface area contributed by atoms with Crippen LogP contribution in [-0.2, 0) is 4.74 Å². The molecule has 3 fully saturated rings. The molecule has 0 saturated heterocycles. The van der Waals surface area contributed by atoms with Gasteiger partial charge in [0.05, 0.1) is 12.2 Å². The van der Waals surface area contributed by atoms with Crippen molar-refractivity contribution in [2.24, 2.45) is 11.8 Å². The Labute approximate surface area is 80.8 Å². The van der Waals surface area contributed by atoms with E-state index >= 15 is 0 Å². The maximum atomic E-state index is 6.17. The molecular weight excluding hydrogens is 160 g/mol. The molecule has 1 unspecified atom stereocenters. The van der Waals surface area contributed by atoms with Crippen molar-refractivity contribution in [1.82, 2.24) is 0 Å². The van der Waals surface area contributed by atoms with Gasteiger partial charge in [0.1, 0.15) is 0 Å². The van der Waals surface area contributed by atoms with Crippen molar-refractivity contribution < 1.29 is 4.74 Å². The first-order valence-corrected chi connectivity index (χ1v) is 6.10. The van der Waals surface area contributed by atoms with E-state index in [2.05, 4.69) is 0 Å². The molecule has 3 aliphatic rings.